The van der Waals surface area contributed by atoms with E-state index >= 15 is 0 Å². The number of ether oxygens (including phenoxy) is 1. The number of rotatable bonds is 5. The number of sulfonamides is 1. The van der Waals surface area contributed by atoms with E-state index < -0.39 is 26.8 Å². The summed E-state index contributed by atoms with van der Waals surface area (Å²) in [6, 6.07) is 3.90. The smallest absolute Gasteiger partial charge is 0.342 e. The van der Waals surface area contributed by atoms with Gasteiger partial charge in [0, 0.05) is 0 Å². The van der Waals surface area contributed by atoms with Crippen molar-refractivity contribution in [2.75, 3.05) is 11.3 Å². The molecule has 0 aliphatic rings. The highest BCUT2D eigenvalue weighted by Crippen LogP contribution is 2.20. The topological polar surface area (TPSA) is 101 Å². The Morgan fingerprint density at radius 3 is 2.82 bits per heavy atom. The van der Waals surface area contributed by atoms with Crippen LogP contribution in [-0.4, -0.2) is 31.2 Å². The zero-order valence-electron chi connectivity index (χ0n) is 11.9. The molecule has 0 bridgehead atoms. The van der Waals surface area contributed by atoms with Crippen LogP contribution in [0, 0.1) is 12.7 Å². The highest BCUT2D eigenvalue weighted by atomic mass is 32.2. The van der Waals surface area contributed by atoms with Crippen molar-refractivity contribution in [2.45, 2.75) is 18.9 Å². The molecule has 1 aromatic heterocycles. The number of halogens is 1. The number of aromatic amines is 1. The van der Waals surface area contributed by atoms with Gasteiger partial charge < -0.3 is 4.74 Å². The Balaban J connectivity index is 2.33. The fourth-order valence-electron chi connectivity index (χ4n) is 1.70. The van der Waals surface area contributed by atoms with Gasteiger partial charge in [-0.15, -0.1) is 0 Å². The lowest BCUT2D eigenvalue weighted by molar-refractivity contribution is 0.0522. The van der Waals surface area contributed by atoms with E-state index in [0.29, 0.717) is 5.56 Å². The summed E-state index contributed by atoms with van der Waals surface area (Å²) < 4.78 is 45.0. The molecular weight excluding hydrogens is 313 g/mol. The van der Waals surface area contributed by atoms with E-state index in [-0.39, 0.29) is 17.9 Å². The van der Waals surface area contributed by atoms with Crippen LogP contribution in [0.5, 0.6) is 0 Å². The molecule has 22 heavy (non-hydrogen) atoms. The molecule has 2 rings (SSSR count). The molecule has 9 heteroatoms. The number of anilines is 1. The van der Waals surface area contributed by atoms with Crippen molar-refractivity contribution < 1.29 is 22.3 Å². The second-order valence-corrected chi connectivity index (χ2v) is 6.02. The van der Waals surface area contributed by atoms with Gasteiger partial charge >= 0.3 is 5.97 Å². The second kappa shape index (κ2) is 6.14. The molecule has 0 aliphatic heterocycles. The average Bonchev–Trinajstić information content (AvgIpc) is 2.93. The van der Waals surface area contributed by atoms with E-state index in [2.05, 4.69) is 14.9 Å². The van der Waals surface area contributed by atoms with Crippen LogP contribution < -0.4 is 4.72 Å². The number of nitrogens with one attached hydrogen (secondary N) is 2. The summed E-state index contributed by atoms with van der Waals surface area (Å²) >= 11 is 0. The van der Waals surface area contributed by atoms with Crippen molar-refractivity contribution >= 4 is 21.7 Å². The number of esters is 1. The lowest BCUT2D eigenvalue weighted by Gasteiger charge is -2.08. The first-order valence-electron chi connectivity index (χ1n) is 6.34. The van der Waals surface area contributed by atoms with Crippen molar-refractivity contribution in [1.29, 1.82) is 0 Å². The van der Waals surface area contributed by atoms with Gasteiger partial charge in [0.25, 0.3) is 10.0 Å². The lowest BCUT2D eigenvalue weighted by atomic mass is 10.2. The Bertz CT molecular complexity index is 801. The quantitative estimate of drug-likeness (QED) is 0.816. The lowest BCUT2D eigenvalue weighted by Crippen LogP contribution is -2.17. The number of aryl methyl sites for hydroxylation is 1. The third-order valence-corrected chi connectivity index (χ3v) is 4.15. The Labute approximate surface area is 126 Å². The molecule has 118 valence electrons. The molecule has 0 amide bonds. The van der Waals surface area contributed by atoms with Gasteiger partial charge in [-0.25, -0.2) is 9.18 Å². The molecule has 0 unspecified atom stereocenters. The first kappa shape index (κ1) is 16.0. The minimum atomic E-state index is -4.13. The zero-order valence-corrected chi connectivity index (χ0v) is 12.7. The summed E-state index contributed by atoms with van der Waals surface area (Å²) in [4.78, 5) is 11.7. The number of nitrogens with zero attached hydrogens (tertiary/aromatic N) is 1. The van der Waals surface area contributed by atoms with Crippen molar-refractivity contribution in [3.63, 3.8) is 0 Å². The molecule has 0 saturated carbocycles. The number of carbonyl (C=O) groups is 1. The molecule has 1 heterocycles. The molecule has 0 saturated heterocycles. The molecular formula is C13H14FN3O4S. The maximum absolute atomic E-state index is 13.5. The second-order valence-electron chi connectivity index (χ2n) is 4.40. The van der Waals surface area contributed by atoms with Gasteiger partial charge in [-0.2, -0.15) is 13.5 Å². The molecule has 0 spiro atoms. The van der Waals surface area contributed by atoms with Gasteiger partial charge in [-0.05, 0) is 31.5 Å². The third-order valence-electron chi connectivity index (χ3n) is 2.79. The predicted molar refractivity (Wildman–Crippen MR) is 76.5 cm³/mol. The highest BCUT2D eigenvalue weighted by Gasteiger charge is 2.26. The number of aromatic nitrogens is 2. The van der Waals surface area contributed by atoms with Crippen molar-refractivity contribution in [2.24, 2.45) is 0 Å². The molecule has 0 aliphatic carbocycles. The predicted octanol–water partition coefficient (Wildman–Crippen LogP) is 1.83. The number of H-pyrrole nitrogens is 1. The van der Waals surface area contributed by atoms with Crippen LogP contribution >= 0.6 is 0 Å². The Kier molecular flexibility index (Phi) is 4.45. The van der Waals surface area contributed by atoms with Crippen LogP contribution in [0.4, 0.5) is 10.1 Å². The Morgan fingerprint density at radius 1 is 1.45 bits per heavy atom. The summed E-state index contributed by atoms with van der Waals surface area (Å²) in [5.41, 5.74) is 0.200. The van der Waals surface area contributed by atoms with E-state index in [1.165, 1.54) is 12.1 Å². The maximum atomic E-state index is 13.5. The van der Waals surface area contributed by atoms with Crippen molar-refractivity contribution in [3.8, 4) is 0 Å². The number of hydrogen-bond acceptors (Lipinski definition) is 5. The average molecular weight is 327 g/mol. The molecule has 1 aromatic carbocycles. The van der Waals surface area contributed by atoms with E-state index in [1.54, 1.807) is 13.8 Å². The summed E-state index contributed by atoms with van der Waals surface area (Å²) in [6.07, 6.45) is 1.06. The fourth-order valence-corrected chi connectivity index (χ4v) is 2.83. The van der Waals surface area contributed by atoms with Crippen LogP contribution in [0.2, 0.25) is 0 Å². The molecule has 0 atom stereocenters. The van der Waals surface area contributed by atoms with Crippen molar-refractivity contribution in [1.82, 2.24) is 10.2 Å². The summed E-state index contributed by atoms with van der Waals surface area (Å²) in [5.74, 6) is -1.36. The van der Waals surface area contributed by atoms with Gasteiger partial charge in [0.1, 0.15) is 11.4 Å². The van der Waals surface area contributed by atoms with Gasteiger partial charge in [0.05, 0.1) is 18.5 Å². The van der Waals surface area contributed by atoms with Gasteiger partial charge in [0.2, 0.25) is 0 Å². The molecule has 2 aromatic rings. The largest absolute Gasteiger partial charge is 0.462 e. The fraction of sp³-hybridized carbons (Fsp3) is 0.231. The number of carbonyl (C=O) groups excluding carboxylic acids is 1. The summed E-state index contributed by atoms with van der Waals surface area (Å²) in [6.45, 7) is 3.25. The third kappa shape index (κ3) is 3.25. The van der Waals surface area contributed by atoms with E-state index in [1.807, 2.05) is 0 Å². The molecule has 0 radical (unpaired) electrons. The van der Waals surface area contributed by atoms with Crippen molar-refractivity contribution in [3.05, 3.63) is 41.3 Å². The Morgan fingerprint density at radius 2 is 2.18 bits per heavy atom. The first-order chi connectivity index (χ1) is 10.3. The van der Waals surface area contributed by atoms with Gasteiger partial charge in [-0.1, -0.05) is 6.07 Å². The Hall–Kier alpha value is -2.42. The number of hydrogen-bond donors (Lipinski definition) is 2. The van der Waals surface area contributed by atoms with E-state index in [0.717, 1.165) is 12.3 Å². The van der Waals surface area contributed by atoms with Crippen LogP contribution in [0.25, 0.3) is 0 Å². The molecule has 0 fully saturated rings. The van der Waals surface area contributed by atoms with Crippen LogP contribution in [-0.2, 0) is 14.8 Å². The maximum Gasteiger partial charge on any atom is 0.342 e. The van der Waals surface area contributed by atoms with Gasteiger partial charge in [-0.3, -0.25) is 9.82 Å². The SMILES string of the molecule is CCOC(=O)c1cn[nH]c1S(=O)(=O)Nc1ccc(C)c(F)c1. The summed E-state index contributed by atoms with van der Waals surface area (Å²) in [5, 5.41) is 5.34. The minimum absolute atomic E-state index is 0.0347. The molecule has 7 nitrogen and oxygen atoms in total. The molecule has 2 N–H and O–H groups in total. The van der Waals surface area contributed by atoms with E-state index in [4.69, 9.17) is 4.74 Å². The first-order valence-corrected chi connectivity index (χ1v) is 7.83. The standard InChI is InChI=1S/C13H14FN3O4S/c1-3-21-13(18)10-7-15-16-12(10)22(19,20)17-9-5-4-8(2)11(14)6-9/h4-7,17H,3H2,1-2H3,(H,15,16). The van der Waals surface area contributed by atoms with Gasteiger partial charge in [0.15, 0.2) is 5.03 Å². The number of benzene rings is 1. The summed E-state index contributed by atoms with van der Waals surface area (Å²) in [7, 11) is -4.13. The van der Waals surface area contributed by atoms with Crippen LogP contribution in [0.3, 0.4) is 0 Å². The van der Waals surface area contributed by atoms with Crippen LogP contribution in [0.15, 0.2) is 29.4 Å². The monoisotopic (exact) mass is 327 g/mol. The van der Waals surface area contributed by atoms with E-state index in [9.17, 15) is 17.6 Å². The zero-order chi connectivity index (χ0) is 16.3. The highest BCUT2D eigenvalue weighted by molar-refractivity contribution is 7.92. The normalized spacial score (nSPS) is 11.2. The minimum Gasteiger partial charge on any atom is -0.462 e. The van der Waals surface area contributed by atoms with Crippen LogP contribution in [0.1, 0.15) is 22.8 Å².